The van der Waals surface area contributed by atoms with E-state index in [-0.39, 0.29) is 5.41 Å². The first-order chi connectivity index (χ1) is 26.0. The van der Waals surface area contributed by atoms with Crippen molar-refractivity contribution in [2.24, 2.45) is 0 Å². The first-order valence-corrected chi connectivity index (χ1v) is 19.2. The maximum Gasteiger partial charge on any atom is 0.135 e. The Kier molecular flexibility index (Phi) is 5.78. The predicted octanol–water partition coefficient (Wildman–Crippen LogP) is 15.1. The van der Waals surface area contributed by atoms with Crippen LogP contribution in [0, 0.1) is 0 Å². The molecule has 1 aliphatic rings. The van der Waals surface area contributed by atoms with E-state index in [4.69, 9.17) is 4.42 Å². The molecule has 0 radical (unpaired) electrons. The molecular formula is C51H32OS. The van der Waals surface area contributed by atoms with Gasteiger partial charge in [0, 0.05) is 36.4 Å². The van der Waals surface area contributed by atoms with Gasteiger partial charge < -0.3 is 4.42 Å². The van der Waals surface area contributed by atoms with Crippen molar-refractivity contribution < 1.29 is 4.42 Å². The Hall–Kier alpha value is -6.22. The molecule has 2 heterocycles. The van der Waals surface area contributed by atoms with Crippen molar-refractivity contribution in [1.29, 1.82) is 0 Å². The largest absolute Gasteiger partial charge is 0.456 e. The molecule has 0 N–H and O–H groups in total. The molecule has 0 amide bonds. The number of benzene rings is 9. The lowest BCUT2D eigenvalue weighted by Crippen LogP contribution is -2.14. The van der Waals surface area contributed by atoms with E-state index in [9.17, 15) is 0 Å². The molecule has 0 atom stereocenters. The van der Waals surface area contributed by atoms with E-state index in [0.717, 1.165) is 21.9 Å². The fraction of sp³-hybridized carbons (Fsp3) is 0.0588. The Morgan fingerprint density at radius 1 is 0.415 bits per heavy atom. The molecule has 11 aromatic rings. The highest BCUT2D eigenvalue weighted by molar-refractivity contribution is 7.26. The summed E-state index contributed by atoms with van der Waals surface area (Å²) in [6.45, 7) is 4.79. The topological polar surface area (TPSA) is 13.1 Å². The van der Waals surface area contributed by atoms with Gasteiger partial charge in [0.25, 0.3) is 0 Å². The normalized spacial score (nSPS) is 13.6. The summed E-state index contributed by atoms with van der Waals surface area (Å²) in [5.41, 5.74) is 12.2. The summed E-state index contributed by atoms with van der Waals surface area (Å²) in [6.07, 6.45) is 0. The van der Waals surface area contributed by atoms with Crippen LogP contribution >= 0.6 is 11.3 Å². The van der Waals surface area contributed by atoms with Crippen LogP contribution in [-0.2, 0) is 5.41 Å². The second-order valence-corrected chi connectivity index (χ2v) is 16.3. The van der Waals surface area contributed by atoms with Gasteiger partial charge in [-0.05, 0) is 125 Å². The Morgan fingerprint density at radius 3 is 1.74 bits per heavy atom. The van der Waals surface area contributed by atoms with Crippen molar-refractivity contribution in [1.82, 2.24) is 0 Å². The fourth-order valence-electron chi connectivity index (χ4n) is 9.58. The van der Waals surface area contributed by atoms with E-state index in [0.29, 0.717) is 0 Å². The van der Waals surface area contributed by atoms with E-state index < -0.39 is 0 Å². The van der Waals surface area contributed by atoms with E-state index in [1.54, 1.807) is 0 Å². The van der Waals surface area contributed by atoms with Crippen molar-refractivity contribution in [2.45, 2.75) is 19.3 Å². The number of para-hydroxylation sites is 1. The van der Waals surface area contributed by atoms with Crippen LogP contribution in [0.15, 0.2) is 162 Å². The van der Waals surface area contributed by atoms with Crippen LogP contribution in [0.1, 0.15) is 25.0 Å². The lowest BCUT2D eigenvalue weighted by molar-refractivity contribution is 0.661. The molecule has 0 saturated carbocycles. The average molecular weight is 693 g/mol. The molecule has 2 heteroatoms. The highest BCUT2D eigenvalue weighted by Gasteiger charge is 2.36. The number of furan rings is 1. The zero-order chi connectivity index (χ0) is 35.0. The first kappa shape index (κ1) is 29.4. The van der Waals surface area contributed by atoms with E-state index in [1.807, 2.05) is 17.4 Å². The van der Waals surface area contributed by atoms with Crippen LogP contribution in [0.5, 0.6) is 0 Å². The first-order valence-electron chi connectivity index (χ1n) is 18.4. The Labute approximate surface area is 310 Å². The Bertz CT molecular complexity index is 3320. The third-order valence-electron chi connectivity index (χ3n) is 12.0. The molecule has 0 unspecified atom stereocenters. The summed E-state index contributed by atoms with van der Waals surface area (Å²) in [7, 11) is 0. The highest BCUT2D eigenvalue weighted by Crippen LogP contribution is 2.53. The van der Waals surface area contributed by atoms with Gasteiger partial charge in [0.15, 0.2) is 0 Å². The van der Waals surface area contributed by atoms with Gasteiger partial charge in [0.1, 0.15) is 11.2 Å². The smallest absolute Gasteiger partial charge is 0.135 e. The van der Waals surface area contributed by atoms with Crippen LogP contribution in [0.25, 0.3) is 108 Å². The van der Waals surface area contributed by atoms with Gasteiger partial charge in [0.2, 0.25) is 0 Å². The second-order valence-electron chi connectivity index (χ2n) is 15.2. The molecule has 2 aromatic heterocycles. The van der Waals surface area contributed by atoms with E-state index >= 15 is 0 Å². The average Bonchev–Trinajstić information content (AvgIpc) is 3.83. The molecule has 0 spiro atoms. The molecule has 0 saturated heterocycles. The summed E-state index contributed by atoms with van der Waals surface area (Å²) < 4.78 is 8.93. The minimum Gasteiger partial charge on any atom is -0.456 e. The van der Waals surface area contributed by atoms with Crippen molar-refractivity contribution in [3.63, 3.8) is 0 Å². The van der Waals surface area contributed by atoms with Gasteiger partial charge in [-0.3, -0.25) is 0 Å². The third-order valence-corrected chi connectivity index (χ3v) is 13.2. The van der Waals surface area contributed by atoms with Gasteiger partial charge >= 0.3 is 0 Å². The summed E-state index contributed by atoms with van der Waals surface area (Å²) >= 11 is 1.89. The van der Waals surface area contributed by atoms with Gasteiger partial charge in [-0.1, -0.05) is 123 Å². The molecule has 1 nitrogen and oxygen atoms in total. The molecule has 12 rings (SSSR count). The zero-order valence-corrected chi connectivity index (χ0v) is 30.1. The minimum atomic E-state index is -0.116. The minimum absolute atomic E-state index is 0.116. The molecule has 0 aliphatic heterocycles. The maximum absolute atomic E-state index is 6.23. The number of thiophene rings is 1. The number of rotatable bonds is 2. The monoisotopic (exact) mass is 692 g/mol. The lowest BCUT2D eigenvalue weighted by Gasteiger charge is -2.22. The van der Waals surface area contributed by atoms with Gasteiger partial charge in [-0.15, -0.1) is 11.3 Å². The van der Waals surface area contributed by atoms with Crippen LogP contribution in [-0.4, -0.2) is 0 Å². The highest BCUT2D eigenvalue weighted by atomic mass is 32.1. The van der Waals surface area contributed by atoms with Crippen molar-refractivity contribution in [2.75, 3.05) is 0 Å². The quantitative estimate of drug-likeness (QED) is 0.164. The van der Waals surface area contributed by atoms with E-state index in [1.165, 1.54) is 97.0 Å². The molecule has 1 aliphatic carbocycles. The molecule has 0 bridgehead atoms. The lowest BCUT2D eigenvalue weighted by atomic mass is 9.81. The predicted molar refractivity (Wildman–Crippen MR) is 228 cm³/mol. The Balaban J connectivity index is 1.10. The van der Waals surface area contributed by atoms with Crippen LogP contribution in [0.2, 0.25) is 0 Å². The molecule has 0 fully saturated rings. The molecular weight excluding hydrogens is 661 g/mol. The number of hydrogen-bond donors (Lipinski definition) is 0. The van der Waals surface area contributed by atoms with E-state index in [2.05, 4.69) is 166 Å². The van der Waals surface area contributed by atoms with Crippen molar-refractivity contribution in [3.05, 3.63) is 169 Å². The van der Waals surface area contributed by atoms with Crippen molar-refractivity contribution in [3.8, 4) is 33.4 Å². The van der Waals surface area contributed by atoms with Crippen LogP contribution < -0.4 is 0 Å². The molecule has 53 heavy (non-hydrogen) atoms. The maximum atomic E-state index is 6.23. The summed E-state index contributed by atoms with van der Waals surface area (Å²) in [4.78, 5) is 0. The number of hydrogen-bond acceptors (Lipinski definition) is 2. The van der Waals surface area contributed by atoms with Gasteiger partial charge in [-0.25, -0.2) is 0 Å². The van der Waals surface area contributed by atoms with Gasteiger partial charge in [-0.2, -0.15) is 0 Å². The SMILES string of the molecule is CC1(C)c2ccc(-c3c4ccccc4c(-c4ccc5oc6ccccc6c5c4)c4ccccc34)cc2-c2cc3ccc4sc5ccccc5c4c3cc21. The van der Waals surface area contributed by atoms with Crippen LogP contribution in [0.3, 0.4) is 0 Å². The molecule has 9 aromatic carbocycles. The molecule has 248 valence electrons. The van der Waals surface area contributed by atoms with Crippen LogP contribution in [0.4, 0.5) is 0 Å². The fourth-order valence-corrected chi connectivity index (χ4v) is 10.7. The summed E-state index contributed by atoms with van der Waals surface area (Å²) in [6, 6.07) is 58.7. The van der Waals surface area contributed by atoms with Crippen molar-refractivity contribution >= 4 is 85.8 Å². The Morgan fingerprint density at radius 2 is 1.00 bits per heavy atom. The third kappa shape index (κ3) is 3.96. The van der Waals surface area contributed by atoms with Gasteiger partial charge in [0.05, 0.1) is 0 Å². The second kappa shape index (κ2) is 10.4. The summed E-state index contributed by atoms with van der Waals surface area (Å²) in [5.74, 6) is 0. The zero-order valence-electron chi connectivity index (χ0n) is 29.3. The number of fused-ring (bicyclic) bond motifs is 13. The summed E-state index contributed by atoms with van der Waals surface area (Å²) in [5, 5.41) is 12.7. The standard InChI is InChI=1S/C51H32OS/c1-51(2)42-22-19-30(26-39(42)40-25-29-21-24-47-50(38(29)28-43(40)51)37-16-8-10-18-46(37)53-47)48-33-12-3-5-14-35(33)49(36-15-6-4-13-34(36)48)31-20-23-45-41(27-31)32-11-7-9-17-44(32)52-45/h3-28H,1-2H3.